The Bertz CT molecular complexity index is 993. The number of aromatic nitrogens is 1. The maximum absolute atomic E-state index is 12.8. The van der Waals surface area contributed by atoms with Crippen LogP contribution in [-0.4, -0.2) is 36.4 Å². The number of benzene rings is 2. The summed E-state index contributed by atoms with van der Waals surface area (Å²) in [4.78, 5) is 19.6. The summed E-state index contributed by atoms with van der Waals surface area (Å²) in [7, 11) is 4.10. The molecule has 1 N–H and O–H groups in total. The maximum Gasteiger partial charge on any atom is 0.224 e. The van der Waals surface area contributed by atoms with Gasteiger partial charge in [-0.25, -0.2) is 0 Å². The van der Waals surface area contributed by atoms with Crippen molar-refractivity contribution in [1.29, 1.82) is 0 Å². The molecule has 1 amide bonds. The van der Waals surface area contributed by atoms with Gasteiger partial charge in [0.1, 0.15) is 0 Å². The molecule has 0 aliphatic heterocycles. The van der Waals surface area contributed by atoms with Crippen molar-refractivity contribution in [2.45, 2.75) is 39.7 Å². The molecule has 29 heavy (non-hydrogen) atoms. The van der Waals surface area contributed by atoms with Crippen molar-refractivity contribution in [1.82, 2.24) is 15.2 Å². The van der Waals surface area contributed by atoms with Crippen LogP contribution in [0.25, 0.3) is 10.9 Å². The first kappa shape index (κ1) is 21.0. The third kappa shape index (κ3) is 4.83. The lowest BCUT2D eigenvalue weighted by Crippen LogP contribution is -2.35. The molecular formula is C25H31N3O. The number of rotatable bonds is 7. The van der Waals surface area contributed by atoms with Gasteiger partial charge in [0.05, 0.1) is 18.0 Å². The van der Waals surface area contributed by atoms with Gasteiger partial charge in [-0.3, -0.25) is 9.78 Å². The van der Waals surface area contributed by atoms with Crippen LogP contribution in [0, 0.1) is 13.8 Å². The van der Waals surface area contributed by atoms with Gasteiger partial charge in [-0.05, 0) is 62.7 Å². The van der Waals surface area contributed by atoms with Gasteiger partial charge in [0.25, 0.3) is 0 Å². The maximum atomic E-state index is 12.8. The van der Waals surface area contributed by atoms with E-state index in [0.29, 0.717) is 13.0 Å². The number of para-hydroxylation sites is 1. The summed E-state index contributed by atoms with van der Waals surface area (Å²) in [6.45, 7) is 6.80. The van der Waals surface area contributed by atoms with Crippen molar-refractivity contribution in [3.05, 3.63) is 76.5 Å². The first-order valence-electron chi connectivity index (χ1n) is 10.3. The molecule has 152 valence electrons. The fraction of sp³-hybridized carbons (Fsp3) is 0.360. The third-order valence-corrected chi connectivity index (χ3v) is 5.71. The number of fused-ring (bicyclic) bond motifs is 1. The number of hydrogen-bond acceptors (Lipinski definition) is 3. The summed E-state index contributed by atoms with van der Waals surface area (Å²) in [5.74, 6) is 0.0327. The number of amides is 1. The standard InChI is InChI=1S/C25H31N3O/c1-6-19-11-13-20(14-12-19)24(28(4)5)16-26-25(29)15-22-17(2)21-9-7-8-10-23(21)27-18(22)3/h7-14,24H,6,15-16H2,1-5H3,(H,26,29). The lowest BCUT2D eigenvalue weighted by molar-refractivity contribution is -0.120. The van der Waals surface area contributed by atoms with E-state index in [1.165, 1.54) is 11.1 Å². The Balaban J connectivity index is 1.72. The molecule has 4 heteroatoms. The molecule has 0 radical (unpaired) electrons. The van der Waals surface area contributed by atoms with E-state index in [2.05, 4.69) is 59.4 Å². The minimum atomic E-state index is 0.0327. The Morgan fingerprint density at radius 2 is 1.76 bits per heavy atom. The fourth-order valence-corrected chi connectivity index (χ4v) is 3.84. The van der Waals surface area contributed by atoms with Crippen LogP contribution in [0.2, 0.25) is 0 Å². The molecule has 4 nitrogen and oxygen atoms in total. The first-order valence-corrected chi connectivity index (χ1v) is 10.3. The van der Waals surface area contributed by atoms with Crippen LogP contribution in [-0.2, 0) is 17.6 Å². The van der Waals surface area contributed by atoms with Crippen molar-refractivity contribution in [3.8, 4) is 0 Å². The van der Waals surface area contributed by atoms with Gasteiger partial charge in [0.15, 0.2) is 0 Å². The molecule has 0 spiro atoms. The molecule has 0 bridgehead atoms. The number of hydrogen-bond donors (Lipinski definition) is 1. The summed E-state index contributed by atoms with van der Waals surface area (Å²) in [5.41, 5.74) is 6.61. The minimum absolute atomic E-state index is 0.0327. The smallest absolute Gasteiger partial charge is 0.224 e. The number of aryl methyl sites for hydroxylation is 3. The van der Waals surface area contributed by atoms with Crippen molar-refractivity contribution in [2.24, 2.45) is 0 Å². The molecule has 0 saturated heterocycles. The second-order valence-electron chi connectivity index (χ2n) is 7.87. The molecule has 1 aromatic heterocycles. The molecule has 3 aromatic rings. The van der Waals surface area contributed by atoms with E-state index in [1.54, 1.807) is 0 Å². The molecule has 1 atom stereocenters. The van der Waals surface area contributed by atoms with Crippen LogP contribution in [0.1, 0.15) is 40.9 Å². The van der Waals surface area contributed by atoms with Gasteiger partial charge < -0.3 is 10.2 Å². The van der Waals surface area contributed by atoms with E-state index in [4.69, 9.17) is 0 Å². The Morgan fingerprint density at radius 1 is 1.07 bits per heavy atom. The monoisotopic (exact) mass is 389 g/mol. The van der Waals surface area contributed by atoms with Crippen LogP contribution < -0.4 is 5.32 Å². The molecule has 0 saturated carbocycles. The van der Waals surface area contributed by atoms with Gasteiger partial charge in [-0.15, -0.1) is 0 Å². The summed E-state index contributed by atoms with van der Waals surface area (Å²) in [6.07, 6.45) is 1.38. The van der Waals surface area contributed by atoms with E-state index in [0.717, 1.165) is 34.1 Å². The SMILES string of the molecule is CCc1ccc(C(CNC(=O)Cc2c(C)nc3ccccc3c2C)N(C)C)cc1. The van der Waals surface area contributed by atoms with E-state index < -0.39 is 0 Å². The number of carbonyl (C=O) groups is 1. The van der Waals surface area contributed by atoms with Gasteiger partial charge in [0.2, 0.25) is 5.91 Å². The normalized spacial score (nSPS) is 12.3. The van der Waals surface area contributed by atoms with E-state index in [1.807, 2.05) is 39.2 Å². The summed E-state index contributed by atoms with van der Waals surface area (Å²) >= 11 is 0. The van der Waals surface area contributed by atoms with Crippen LogP contribution in [0.3, 0.4) is 0 Å². The molecule has 0 aliphatic carbocycles. The minimum Gasteiger partial charge on any atom is -0.354 e. The number of nitrogens with one attached hydrogen (secondary N) is 1. The number of likely N-dealkylation sites (N-methyl/N-ethyl adjacent to an activating group) is 1. The van der Waals surface area contributed by atoms with Gasteiger partial charge in [-0.1, -0.05) is 49.4 Å². The van der Waals surface area contributed by atoms with Gasteiger partial charge in [0, 0.05) is 17.6 Å². The fourth-order valence-electron chi connectivity index (χ4n) is 3.84. The molecule has 2 aromatic carbocycles. The Hall–Kier alpha value is -2.72. The quantitative estimate of drug-likeness (QED) is 0.652. The second-order valence-corrected chi connectivity index (χ2v) is 7.87. The molecule has 1 heterocycles. The second kappa shape index (κ2) is 9.19. The summed E-state index contributed by atoms with van der Waals surface area (Å²) in [6, 6.07) is 16.9. The zero-order chi connectivity index (χ0) is 21.0. The average molecular weight is 390 g/mol. The Labute approximate surface area is 174 Å². The largest absolute Gasteiger partial charge is 0.354 e. The van der Waals surface area contributed by atoms with E-state index in [9.17, 15) is 4.79 Å². The topological polar surface area (TPSA) is 45.2 Å². The van der Waals surface area contributed by atoms with Crippen LogP contribution in [0.4, 0.5) is 0 Å². The highest BCUT2D eigenvalue weighted by Crippen LogP contribution is 2.23. The molecule has 0 fully saturated rings. The number of pyridine rings is 1. The highest BCUT2D eigenvalue weighted by atomic mass is 16.1. The van der Waals surface area contributed by atoms with Crippen LogP contribution in [0.15, 0.2) is 48.5 Å². The van der Waals surface area contributed by atoms with Gasteiger partial charge >= 0.3 is 0 Å². The van der Waals surface area contributed by atoms with Crippen LogP contribution in [0.5, 0.6) is 0 Å². The lowest BCUT2D eigenvalue weighted by atomic mass is 9.99. The summed E-state index contributed by atoms with van der Waals surface area (Å²) in [5, 5.41) is 4.25. The van der Waals surface area contributed by atoms with E-state index >= 15 is 0 Å². The predicted octanol–water partition coefficient (Wildman–Crippen LogP) is 4.38. The number of carbonyl (C=O) groups excluding carboxylic acids is 1. The predicted molar refractivity (Wildman–Crippen MR) is 120 cm³/mol. The average Bonchev–Trinajstić information content (AvgIpc) is 2.71. The lowest BCUT2D eigenvalue weighted by Gasteiger charge is -2.25. The van der Waals surface area contributed by atoms with Crippen molar-refractivity contribution in [2.75, 3.05) is 20.6 Å². The Kier molecular flexibility index (Phi) is 6.65. The first-order chi connectivity index (χ1) is 13.9. The number of nitrogens with zero attached hydrogens (tertiary/aromatic N) is 2. The van der Waals surface area contributed by atoms with Crippen LogP contribution >= 0.6 is 0 Å². The highest BCUT2D eigenvalue weighted by molar-refractivity contribution is 5.86. The van der Waals surface area contributed by atoms with Crippen molar-refractivity contribution < 1.29 is 4.79 Å². The zero-order valence-corrected chi connectivity index (χ0v) is 18.1. The molecule has 0 aliphatic rings. The van der Waals surface area contributed by atoms with Crippen molar-refractivity contribution in [3.63, 3.8) is 0 Å². The van der Waals surface area contributed by atoms with E-state index in [-0.39, 0.29) is 11.9 Å². The molecular weight excluding hydrogens is 358 g/mol. The summed E-state index contributed by atoms with van der Waals surface area (Å²) < 4.78 is 0. The third-order valence-electron chi connectivity index (χ3n) is 5.71. The van der Waals surface area contributed by atoms with Crippen molar-refractivity contribution >= 4 is 16.8 Å². The van der Waals surface area contributed by atoms with Gasteiger partial charge in [-0.2, -0.15) is 0 Å². The molecule has 1 unspecified atom stereocenters. The highest BCUT2D eigenvalue weighted by Gasteiger charge is 2.17. The molecule has 3 rings (SSSR count). The Morgan fingerprint density at radius 3 is 2.41 bits per heavy atom. The zero-order valence-electron chi connectivity index (χ0n) is 18.1.